The van der Waals surface area contributed by atoms with Crippen molar-refractivity contribution in [1.82, 2.24) is 0 Å². The Morgan fingerprint density at radius 1 is 1.08 bits per heavy atom. The van der Waals surface area contributed by atoms with Crippen molar-refractivity contribution in [3.63, 3.8) is 0 Å². The molecule has 0 fully saturated rings. The smallest absolute Gasteiger partial charge is 0.346 e. The van der Waals surface area contributed by atoms with Crippen molar-refractivity contribution in [2.45, 2.75) is 0 Å². The van der Waals surface area contributed by atoms with Crippen LogP contribution < -0.4 is 0 Å². The first-order valence-corrected chi connectivity index (χ1v) is 3.62. The summed E-state index contributed by atoms with van der Waals surface area (Å²) in [5, 5.41) is 0.417. The summed E-state index contributed by atoms with van der Waals surface area (Å²) in [5.41, 5.74) is 0.525. The molecule has 1 heterocycles. The third-order valence-electron chi connectivity index (χ3n) is 1.61. The number of carbonyl (C=O) groups excluding carboxylic acids is 2. The Bertz CT molecular complexity index is 389. The van der Waals surface area contributed by atoms with Crippen molar-refractivity contribution in [3.8, 4) is 0 Å². The molecule has 0 atom stereocenters. The van der Waals surface area contributed by atoms with Crippen LogP contribution in [0, 0.1) is 0 Å². The van der Waals surface area contributed by atoms with Crippen LogP contribution in [0.3, 0.4) is 0 Å². The van der Waals surface area contributed by atoms with E-state index in [4.69, 9.17) is 11.6 Å². The van der Waals surface area contributed by atoms with Gasteiger partial charge in [-0.1, -0.05) is 11.6 Å². The summed E-state index contributed by atoms with van der Waals surface area (Å²) in [5.74, 6) is -1.23. The summed E-state index contributed by atoms with van der Waals surface area (Å²) < 4.78 is 4.35. The number of carbonyl (C=O) groups is 2. The van der Waals surface area contributed by atoms with Crippen molar-refractivity contribution < 1.29 is 14.3 Å². The molecule has 3 nitrogen and oxygen atoms in total. The summed E-state index contributed by atoms with van der Waals surface area (Å²) in [7, 11) is 0. The van der Waals surface area contributed by atoms with Crippen LogP contribution in [0.5, 0.6) is 0 Å². The molecule has 0 aliphatic carbocycles. The first-order chi connectivity index (χ1) is 5.68. The fourth-order valence-corrected chi connectivity index (χ4v) is 1.23. The monoisotopic (exact) mass is 390 g/mol. The minimum atomic E-state index is -0.627. The van der Waals surface area contributed by atoms with Crippen molar-refractivity contribution in [3.05, 3.63) is 34.3 Å². The Balaban J connectivity index is 0.000000845. The molecular formula is C8H3ClO3Pb. The second-order valence-corrected chi connectivity index (χ2v) is 2.80. The molecule has 0 amide bonds. The molecule has 1 aliphatic rings. The van der Waals surface area contributed by atoms with Gasteiger partial charge in [0.2, 0.25) is 0 Å². The van der Waals surface area contributed by atoms with Crippen LogP contribution in [-0.4, -0.2) is 39.2 Å². The number of fused-ring (bicyclic) bond motifs is 1. The first-order valence-electron chi connectivity index (χ1n) is 3.24. The maximum absolute atomic E-state index is 10.9. The molecule has 0 saturated heterocycles. The molecule has 0 spiro atoms. The van der Waals surface area contributed by atoms with E-state index in [0.29, 0.717) is 5.02 Å². The fraction of sp³-hybridized carbons (Fsp3) is 0. The topological polar surface area (TPSA) is 43.4 Å². The number of rotatable bonds is 0. The van der Waals surface area contributed by atoms with E-state index in [0.717, 1.165) is 0 Å². The number of esters is 2. The molecule has 4 radical (unpaired) electrons. The van der Waals surface area contributed by atoms with Crippen molar-refractivity contribution >= 4 is 50.8 Å². The van der Waals surface area contributed by atoms with Gasteiger partial charge in [0.05, 0.1) is 11.1 Å². The second-order valence-electron chi connectivity index (χ2n) is 2.37. The summed E-state index contributed by atoms with van der Waals surface area (Å²) in [4.78, 5) is 21.8. The van der Waals surface area contributed by atoms with Crippen LogP contribution in [0.25, 0.3) is 0 Å². The third kappa shape index (κ3) is 1.76. The number of hydrogen-bond donors (Lipinski definition) is 0. The van der Waals surface area contributed by atoms with Crippen molar-refractivity contribution in [2.75, 3.05) is 0 Å². The van der Waals surface area contributed by atoms with Gasteiger partial charge in [0.15, 0.2) is 0 Å². The Hall–Kier alpha value is -0.428. The molecule has 0 unspecified atom stereocenters. The van der Waals surface area contributed by atoms with Gasteiger partial charge >= 0.3 is 11.9 Å². The third-order valence-corrected chi connectivity index (χ3v) is 1.84. The molecular weight excluding hydrogens is 387 g/mol. The first kappa shape index (κ1) is 10.7. The minimum absolute atomic E-state index is 0. The second kappa shape index (κ2) is 3.75. The number of ether oxygens (including phenoxy) is 1. The maximum atomic E-state index is 10.9. The molecule has 1 aromatic rings. The predicted octanol–water partition coefficient (Wildman–Crippen LogP) is 1.27. The summed E-state index contributed by atoms with van der Waals surface area (Å²) in [6.07, 6.45) is 0. The van der Waals surface area contributed by atoms with E-state index in [2.05, 4.69) is 4.74 Å². The largest absolute Gasteiger partial charge is 0.386 e. The summed E-state index contributed by atoms with van der Waals surface area (Å²) in [6, 6.07) is 4.44. The number of benzene rings is 1. The van der Waals surface area contributed by atoms with E-state index in [1.807, 2.05) is 0 Å². The molecule has 64 valence electrons. The van der Waals surface area contributed by atoms with Gasteiger partial charge in [0, 0.05) is 32.3 Å². The molecule has 13 heavy (non-hydrogen) atoms. The zero-order valence-corrected chi connectivity index (χ0v) is 11.0. The maximum Gasteiger partial charge on any atom is 0.346 e. The minimum Gasteiger partial charge on any atom is -0.386 e. The van der Waals surface area contributed by atoms with E-state index in [1.165, 1.54) is 12.1 Å². The summed E-state index contributed by atoms with van der Waals surface area (Å²) in [6.45, 7) is 0. The van der Waals surface area contributed by atoms with Gasteiger partial charge in [-0.2, -0.15) is 0 Å². The summed E-state index contributed by atoms with van der Waals surface area (Å²) >= 11 is 5.62. The fourth-order valence-electron chi connectivity index (χ4n) is 1.06. The van der Waals surface area contributed by atoms with Crippen molar-refractivity contribution in [1.29, 1.82) is 0 Å². The molecule has 1 aliphatic heterocycles. The Morgan fingerprint density at radius 2 is 1.69 bits per heavy atom. The Labute approximate surface area is 99.2 Å². The van der Waals surface area contributed by atoms with Gasteiger partial charge in [0.1, 0.15) is 0 Å². The van der Waals surface area contributed by atoms with Gasteiger partial charge in [-0.05, 0) is 18.2 Å². The van der Waals surface area contributed by atoms with Gasteiger partial charge in [-0.25, -0.2) is 9.59 Å². The Kier molecular flexibility index (Phi) is 3.07. The zero-order valence-electron chi connectivity index (χ0n) is 6.33. The molecule has 0 N–H and O–H groups in total. The number of halogens is 1. The van der Waals surface area contributed by atoms with Crippen LogP contribution in [0.1, 0.15) is 20.7 Å². The molecule has 0 bridgehead atoms. The van der Waals surface area contributed by atoms with E-state index in [-0.39, 0.29) is 38.4 Å². The molecule has 0 aromatic heterocycles. The Morgan fingerprint density at radius 3 is 2.38 bits per heavy atom. The van der Waals surface area contributed by atoms with Crippen LogP contribution in [0.4, 0.5) is 0 Å². The van der Waals surface area contributed by atoms with E-state index in [9.17, 15) is 9.59 Å². The SMILES string of the molecule is O=C1OC(=O)c2cc(Cl)ccc21.[Pb]. The van der Waals surface area contributed by atoms with Gasteiger partial charge < -0.3 is 4.74 Å². The van der Waals surface area contributed by atoms with Gasteiger partial charge in [0.25, 0.3) is 0 Å². The van der Waals surface area contributed by atoms with E-state index >= 15 is 0 Å². The molecule has 5 heteroatoms. The van der Waals surface area contributed by atoms with Crippen LogP contribution in [0.2, 0.25) is 5.02 Å². The van der Waals surface area contributed by atoms with Crippen LogP contribution in [-0.2, 0) is 4.74 Å². The molecule has 0 saturated carbocycles. The van der Waals surface area contributed by atoms with E-state index in [1.54, 1.807) is 6.07 Å². The van der Waals surface area contributed by atoms with Gasteiger partial charge in [-0.15, -0.1) is 0 Å². The van der Waals surface area contributed by atoms with Crippen LogP contribution in [0.15, 0.2) is 18.2 Å². The molecule has 1 aromatic carbocycles. The van der Waals surface area contributed by atoms with E-state index < -0.39 is 11.9 Å². The number of hydrogen-bond acceptors (Lipinski definition) is 3. The average Bonchev–Trinajstić information content (AvgIpc) is 2.28. The average molecular weight is 390 g/mol. The van der Waals surface area contributed by atoms with Crippen LogP contribution >= 0.6 is 11.6 Å². The quantitative estimate of drug-likeness (QED) is 0.381. The number of cyclic esters (lactones) is 2. The predicted molar refractivity (Wildman–Crippen MR) is 47.0 cm³/mol. The van der Waals surface area contributed by atoms with Gasteiger partial charge in [-0.3, -0.25) is 0 Å². The standard InChI is InChI=1S/C8H3ClO3.Pb/c9-4-1-2-5-6(3-4)8(11)12-7(5)10;/h1-3H;. The van der Waals surface area contributed by atoms with Crippen molar-refractivity contribution in [2.24, 2.45) is 0 Å². The normalized spacial score (nSPS) is 13.3. The zero-order chi connectivity index (χ0) is 8.72. The molecule has 2 rings (SSSR count).